The maximum absolute atomic E-state index is 13.4. The lowest BCUT2D eigenvalue weighted by Crippen LogP contribution is -2.44. The SMILES string of the molecule is O=C(Nc1cccs1)N1CCC(Nc2ncc(-c3ccsc3)c3nc(C(F)(F)F)ccc23)CC1. The van der Waals surface area contributed by atoms with Crippen LogP contribution in [0.1, 0.15) is 18.5 Å². The Morgan fingerprint density at radius 2 is 1.94 bits per heavy atom. The molecule has 0 radical (unpaired) electrons. The van der Waals surface area contributed by atoms with Crippen LogP contribution in [-0.2, 0) is 6.18 Å². The van der Waals surface area contributed by atoms with Gasteiger partial charge in [0.2, 0.25) is 0 Å². The molecule has 6 nitrogen and oxygen atoms in total. The summed E-state index contributed by atoms with van der Waals surface area (Å²) in [5, 5.41) is 13.2. The topological polar surface area (TPSA) is 70.2 Å². The van der Waals surface area contributed by atoms with Gasteiger partial charge >= 0.3 is 12.2 Å². The number of anilines is 2. The Kier molecular flexibility index (Phi) is 6.13. The fourth-order valence-electron chi connectivity index (χ4n) is 3.97. The van der Waals surface area contributed by atoms with Crippen molar-refractivity contribution in [1.29, 1.82) is 0 Å². The number of hydrogen-bond donors (Lipinski definition) is 2. The van der Waals surface area contributed by atoms with Crippen LogP contribution in [0, 0.1) is 0 Å². The lowest BCUT2D eigenvalue weighted by atomic mass is 10.0. The number of urea groups is 1. The van der Waals surface area contributed by atoms with E-state index in [1.165, 1.54) is 28.7 Å². The van der Waals surface area contributed by atoms with Crippen LogP contribution in [0.3, 0.4) is 0 Å². The van der Waals surface area contributed by atoms with Crippen LogP contribution in [0.2, 0.25) is 0 Å². The van der Waals surface area contributed by atoms with Crippen molar-refractivity contribution in [2.24, 2.45) is 0 Å². The molecule has 0 spiro atoms. The van der Waals surface area contributed by atoms with E-state index in [0.29, 0.717) is 42.7 Å². The van der Waals surface area contributed by atoms with Crippen LogP contribution >= 0.6 is 22.7 Å². The molecule has 0 bridgehead atoms. The van der Waals surface area contributed by atoms with Gasteiger partial charge in [0.05, 0.1) is 10.5 Å². The molecule has 0 saturated carbocycles. The highest BCUT2D eigenvalue weighted by molar-refractivity contribution is 7.14. The molecule has 0 aliphatic carbocycles. The first-order chi connectivity index (χ1) is 16.4. The molecule has 34 heavy (non-hydrogen) atoms. The Balaban J connectivity index is 1.35. The molecular formula is C23H20F3N5OS2. The van der Waals surface area contributed by atoms with E-state index in [-0.39, 0.29) is 17.6 Å². The third kappa shape index (κ3) is 4.71. The summed E-state index contributed by atoms with van der Waals surface area (Å²) >= 11 is 2.92. The monoisotopic (exact) mass is 503 g/mol. The van der Waals surface area contributed by atoms with E-state index >= 15 is 0 Å². The molecule has 5 rings (SSSR count). The van der Waals surface area contributed by atoms with Gasteiger partial charge in [-0.3, -0.25) is 5.32 Å². The zero-order chi connectivity index (χ0) is 23.7. The number of pyridine rings is 2. The van der Waals surface area contributed by atoms with Gasteiger partial charge in [-0.15, -0.1) is 11.3 Å². The number of piperidine rings is 1. The molecule has 1 fully saturated rings. The summed E-state index contributed by atoms with van der Waals surface area (Å²) in [7, 11) is 0. The molecule has 4 aromatic heterocycles. The number of carbonyl (C=O) groups excluding carboxylic acids is 1. The number of fused-ring (bicyclic) bond motifs is 1. The largest absolute Gasteiger partial charge is 0.433 e. The first-order valence-corrected chi connectivity index (χ1v) is 12.5. The normalized spacial score (nSPS) is 15.0. The maximum atomic E-state index is 13.4. The number of carbonyl (C=O) groups is 1. The second-order valence-corrected chi connectivity index (χ2v) is 9.66. The Labute approximate surface area is 201 Å². The number of rotatable bonds is 4. The third-order valence-electron chi connectivity index (χ3n) is 5.73. The number of alkyl halides is 3. The van der Waals surface area contributed by atoms with Crippen LogP contribution in [0.4, 0.5) is 28.8 Å². The highest BCUT2D eigenvalue weighted by atomic mass is 32.1. The molecule has 0 aromatic carbocycles. The van der Waals surface area contributed by atoms with Crippen molar-refractivity contribution in [2.75, 3.05) is 23.7 Å². The molecule has 5 heterocycles. The molecule has 1 aliphatic rings. The zero-order valence-corrected chi connectivity index (χ0v) is 19.4. The summed E-state index contributed by atoms with van der Waals surface area (Å²) in [5.74, 6) is 0.497. The number of nitrogens with one attached hydrogen (secondary N) is 2. The Hall–Kier alpha value is -3.18. The Morgan fingerprint density at radius 1 is 1.12 bits per heavy atom. The van der Waals surface area contributed by atoms with Gasteiger partial charge in [0, 0.05) is 36.3 Å². The van der Waals surface area contributed by atoms with Crippen molar-refractivity contribution in [3.8, 4) is 11.1 Å². The fourth-order valence-corrected chi connectivity index (χ4v) is 5.23. The Bertz CT molecular complexity index is 1280. The quantitative estimate of drug-likeness (QED) is 0.331. The van der Waals surface area contributed by atoms with Gasteiger partial charge < -0.3 is 10.2 Å². The van der Waals surface area contributed by atoms with Gasteiger partial charge in [0.25, 0.3) is 0 Å². The summed E-state index contributed by atoms with van der Waals surface area (Å²) < 4.78 is 40.1. The van der Waals surface area contributed by atoms with Crippen molar-refractivity contribution >= 4 is 50.4 Å². The van der Waals surface area contributed by atoms with E-state index in [1.807, 2.05) is 34.3 Å². The van der Waals surface area contributed by atoms with E-state index in [9.17, 15) is 18.0 Å². The summed E-state index contributed by atoms with van der Waals surface area (Å²) in [6, 6.07) is 7.90. The second kappa shape index (κ2) is 9.22. The van der Waals surface area contributed by atoms with Crippen LogP contribution in [0.25, 0.3) is 22.0 Å². The molecule has 11 heteroatoms. The highest BCUT2D eigenvalue weighted by Crippen LogP contribution is 2.36. The minimum Gasteiger partial charge on any atom is -0.367 e. The summed E-state index contributed by atoms with van der Waals surface area (Å²) in [4.78, 5) is 22.7. The number of halogens is 3. The minimum absolute atomic E-state index is 0.0378. The second-order valence-electron chi connectivity index (χ2n) is 7.94. The molecule has 4 aromatic rings. The van der Waals surface area contributed by atoms with Gasteiger partial charge in [0.15, 0.2) is 0 Å². The average Bonchev–Trinajstić information content (AvgIpc) is 3.53. The first-order valence-electron chi connectivity index (χ1n) is 10.6. The van der Waals surface area contributed by atoms with Gasteiger partial charge in [-0.05, 0) is 64.9 Å². The van der Waals surface area contributed by atoms with Crippen molar-refractivity contribution in [3.63, 3.8) is 0 Å². The van der Waals surface area contributed by atoms with Crippen molar-refractivity contribution in [1.82, 2.24) is 14.9 Å². The molecule has 2 amide bonds. The number of hydrogen-bond acceptors (Lipinski definition) is 6. The number of nitrogens with zero attached hydrogens (tertiary/aromatic N) is 3. The van der Waals surface area contributed by atoms with Gasteiger partial charge in [-0.25, -0.2) is 14.8 Å². The number of aromatic nitrogens is 2. The zero-order valence-electron chi connectivity index (χ0n) is 17.8. The molecule has 1 aliphatic heterocycles. The van der Waals surface area contributed by atoms with E-state index < -0.39 is 11.9 Å². The lowest BCUT2D eigenvalue weighted by molar-refractivity contribution is -0.140. The predicted octanol–water partition coefficient (Wildman–Crippen LogP) is 6.55. The molecule has 1 saturated heterocycles. The summed E-state index contributed by atoms with van der Waals surface area (Å²) in [5.41, 5.74) is 0.677. The minimum atomic E-state index is -4.53. The Morgan fingerprint density at radius 3 is 2.62 bits per heavy atom. The summed E-state index contributed by atoms with van der Waals surface area (Å²) in [6.45, 7) is 1.13. The van der Waals surface area contributed by atoms with E-state index in [4.69, 9.17) is 0 Å². The van der Waals surface area contributed by atoms with Crippen LogP contribution in [0.15, 0.2) is 52.7 Å². The van der Waals surface area contributed by atoms with E-state index in [1.54, 1.807) is 11.1 Å². The van der Waals surface area contributed by atoms with Gasteiger partial charge in [-0.2, -0.15) is 24.5 Å². The smallest absolute Gasteiger partial charge is 0.367 e. The molecule has 0 unspecified atom stereocenters. The molecule has 2 N–H and O–H groups in total. The molecule has 0 atom stereocenters. The van der Waals surface area contributed by atoms with Crippen LogP contribution in [0.5, 0.6) is 0 Å². The lowest BCUT2D eigenvalue weighted by Gasteiger charge is -2.32. The first kappa shape index (κ1) is 22.6. The average molecular weight is 504 g/mol. The molecular weight excluding hydrogens is 483 g/mol. The summed E-state index contributed by atoms with van der Waals surface area (Å²) in [6.07, 6.45) is -1.57. The highest BCUT2D eigenvalue weighted by Gasteiger charge is 2.33. The van der Waals surface area contributed by atoms with E-state index in [2.05, 4.69) is 20.6 Å². The maximum Gasteiger partial charge on any atom is 0.433 e. The van der Waals surface area contributed by atoms with Crippen molar-refractivity contribution in [3.05, 3.63) is 58.4 Å². The third-order valence-corrected chi connectivity index (χ3v) is 7.19. The number of thiophene rings is 2. The predicted molar refractivity (Wildman–Crippen MR) is 129 cm³/mol. The number of likely N-dealkylation sites (tertiary alicyclic amines) is 1. The van der Waals surface area contributed by atoms with Gasteiger partial charge in [0.1, 0.15) is 11.5 Å². The number of amides is 2. The fraction of sp³-hybridized carbons (Fsp3) is 0.261. The van der Waals surface area contributed by atoms with Gasteiger partial charge in [-0.1, -0.05) is 0 Å². The van der Waals surface area contributed by atoms with E-state index in [0.717, 1.165) is 16.6 Å². The molecule has 176 valence electrons. The van der Waals surface area contributed by atoms with Crippen LogP contribution < -0.4 is 10.6 Å². The van der Waals surface area contributed by atoms with Crippen molar-refractivity contribution in [2.45, 2.75) is 25.1 Å². The van der Waals surface area contributed by atoms with Crippen molar-refractivity contribution < 1.29 is 18.0 Å². The standard InChI is InChI=1S/C23H20F3N5OS2/c24-23(25,26)18-4-3-16-20(29-18)17(14-7-11-33-13-14)12-27-21(16)28-15-5-8-31(9-6-15)22(32)30-19-2-1-10-34-19/h1-4,7,10-13,15H,5-6,8-9H2,(H,27,28)(H,30,32). The van der Waals surface area contributed by atoms with Crippen LogP contribution in [-0.4, -0.2) is 40.0 Å².